The van der Waals surface area contributed by atoms with Crippen molar-refractivity contribution in [1.82, 2.24) is 5.43 Å². The van der Waals surface area contributed by atoms with Gasteiger partial charge in [0.25, 0.3) is 0 Å². The fourth-order valence-corrected chi connectivity index (χ4v) is 4.62. The van der Waals surface area contributed by atoms with Gasteiger partial charge in [-0.25, -0.2) is 9.82 Å². The molecule has 0 saturated carbocycles. The second-order valence-electron chi connectivity index (χ2n) is 5.40. The van der Waals surface area contributed by atoms with Gasteiger partial charge in [0.05, 0.1) is 10.5 Å². The number of halogens is 2. The second kappa shape index (κ2) is 6.57. The first-order chi connectivity index (χ1) is 10.2. The molecule has 2 aromatic rings. The molecule has 0 spiro atoms. The highest BCUT2D eigenvalue weighted by atomic mass is 79.9. The van der Waals surface area contributed by atoms with E-state index in [1.54, 1.807) is 23.5 Å². The van der Waals surface area contributed by atoms with Crippen LogP contribution in [-0.4, -0.2) is 0 Å². The third kappa shape index (κ3) is 3.06. The Hall–Kier alpha value is -0.750. The molecule has 3 rings (SSSR count). The summed E-state index contributed by atoms with van der Waals surface area (Å²) < 4.78 is 14.8. The topological polar surface area (TPSA) is 38.0 Å². The normalized spacial score (nSPS) is 16.3. The molecule has 0 saturated heterocycles. The first-order valence-corrected chi connectivity index (χ1v) is 8.83. The van der Waals surface area contributed by atoms with Crippen molar-refractivity contribution in [2.45, 2.75) is 38.1 Å². The van der Waals surface area contributed by atoms with Crippen LogP contribution >= 0.6 is 27.3 Å². The van der Waals surface area contributed by atoms with Crippen molar-refractivity contribution in [3.8, 4) is 0 Å². The molecule has 1 aromatic heterocycles. The van der Waals surface area contributed by atoms with Crippen LogP contribution in [0.25, 0.3) is 0 Å². The monoisotopic (exact) mass is 368 g/mol. The first-order valence-electron chi connectivity index (χ1n) is 7.22. The molecule has 1 unspecified atom stereocenters. The number of rotatable bonds is 3. The number of nitrogens with two attached hydrogens (primary N) is 1. The average Bonchev–Trinajstić information content (AvgIpc) is 2.75. The molecule has 0 amide bonds. The van der Waals surface area contributed by atoms with Gasteiger partial charge in [-0.05, 0) is 59.3 Å². The molecule has 1 atom stereocenters. The van der Waals surface area contributed by atoms with Gasteiger partial charge in [0.2, 0.25) is 0 Å². The molecule has 1 aliphatic carbocycles. The van der Waals surface area contributed by atoms with Crippen LogP contribution in [0.4, 0.5) is 4.39 Å². The van der Waals surface area contributed by atoms with E-state index in [9.17, 15) is 4.39 Å². The Balaban J connectivity index is 1.98. The molecule has 0 fully saturated rings. The van der Waals surface area contributed by atoms with Gasteiger partial charge in [-0.2, -0.15) is 0 Å². The number of hydrogen-bond donors (Lipinski definition) is 2. The molecule has 3 N–H and O–H groups in total. The van der Waals surface area contributed by atoms with E-state index >= 15 is 0 Å². The van der Waals surface area contributed by atoms with Gasteiger partial charge in [-0.1, -0.05) is 18.6 Å². The van der Waals surface area contributed by atoms with E-state index in [1.807, 2.05) is 6.07 Å². The third-order valence-corrected chi connectivity index (χ3v) is 5.92. The number of benzene rings is 1. The second-order valence-corrected chi connectivity index (χ2v) is 7.42. The van der Waals surface area contributed by atoms with Crippen LogP contribution in [0.15, 0.2) is 28.7 Å². The molecule has 112 valence electrons. The summed E-state index contributed by atoms with van der Waals surface area (Å²) in [6, 6.07) is 7.24. The lowest BCUT2D eigenvalue weighted by Gasteiger charge is -2.16. The number of hydrazine groups is 1. The van der Waals surface area contributed by atoms with Crippen LogP contribution in [0.2, 0.25) is 0 Å². The Bertz CT molecular complexity index is 618. The van der Waals surface area contributed by atoms with Crippen LogP contribution in [0.1, 0.15) is 46.2 Å². The largest absolute Gasteiger partial charge is 0.271 e. The predicted octanol–water partition coefficient (Wildman–Crippen LogP) is 4.47. The molecule has 1 aromatic carbocycles. The fraction of sp³-hybridized carbons (Fsp3) is 0.375. The number of fused-ring (bicyclic) bond motifs is 1. The molecule has 0 aliphatic heterocycles. The Morgan fingerprint density at radius 3 is 2.86 bits per heavy atom. The van der Waals surface area contributed by atoms with Crippen LogP contribution in [0, 0.1) is 5.82 Å². The Labute approximate surface area is 136 Å². The molecule has 1 aliphatic rings. The van der Waals surface area contributed by atoms with E-state index in [0.29, 0.717) is 10.0 Å². The highest BCUT2D eigenvalue weighted by molar-refractivity contribution is 9.10. The van der Waals surface area contributed by atoms with E-state index in [0.717, 1.165) is 17.7 Å². The first kappa shape index (κ1) is 15.2. The Morgan fingerprint density at radius 2 is 2.05 bits per heavy atom. The van der Waals surface area contributed by atoms with Crippen LogP contribution in [-0.2, 0) is 12.8 Å². The van der Waals surface area contributed by atoms with Gasteiger partial charge in [-0.15, -0.1) is 11.3 Å². The summed E-state index contributed by atoms with van der Waals surface area (Å²) in [4.78, 5) is 2.54. The van der Waals surface area contributed by atoms with E-state index in [1.165, 1.54) is 29.7 Å². The smallest absolute Gasteiger partial charge is 0.142 e. The van der Waals surface area contributed by atoms with Crippen molar-refractivity contribution in [3.63, 3.8) is 0 Å². The summed E-state index contributed by atoms with van der Waals surface area (Å²) in [7, 11) is 0. The minimum atomic E-state index is -0.292. The highest BCUT2D eigenvalue weighted by Gasteiger charge is 2.22. The van der Waals surface area contributed by atoms with Gasteiger partial charge in [0.15, 0.2) is 0 Å². The maximum atomic E-state index is 14.3. The molecule has 0 bridgehead atoms. The van der Waals surface area contributed by atoms with Crippen molar-refractivity contribution >= 4 is 27.3 Å². The van der Waals surface area contributed by atoms with E-state index < -0.39 is 0 Å². The standard InChI is InChI=1S/C16H18BrFN2S/c17-12-7-4-6-11(15(12)18)16(20-19)14-9-10-5-2-1-3-8-13(10)21-14/h4,6-7,9,16,20H,1-3,5,8,19H2. The average molecular weight is 369 g/mol. The van der Waals surface area contributed by atoms with Crippen molar-refractivity contribution in [2.24, 2.45) is 5.84 Å². The molecule has 5 heteroatoms. The zero-order chi connectivity index (χ0) is 14.8. The summed E-state index contributed by atoms with van der Waals surface area (Å²) in [5, 5.41) is 0. The summed E-state index contributed by atoms with van der Waals surface area (Å²) in [6.07, 6.45) is 6.06. The minimum Gasteiger partial charge on any atom is -0.271 e. The molecule has 2 nitrogen and oxygen atoms in total. The number of aryl methyl sites for hydroxylation is 2. The summed E-state index contributed by atoms with van der Waals surface area (Å²) >= 11 is 5.01. The molecular weight excluding hydrogens is 351 g/mol. The lowest BCUT2D eigenvalue weighted by Crippen LogP contribution is -2.29. The lowest BCUT2D eigenvalue weighted by molar-refractivity contribution is 0.559. The summed E-state index contributed by atoms with van der Waals surface area (Å²) in [5.41, 5.74) is 4.78. The van der Waals surface area contributed by atoms with Crippen molar-refractivity contribution < 1.29 is 4.39 Å². The maximum Gasteiger partial charge on any atom is 0.142 e. The number of nitrogens with one attached hydrogen (secondary N) is 1. The van der Waals surface area contributed by atoms with Crippen LogP contribution < -0.4 is 11.3 Å². The molecular formula is C16H18BrFN2S. The summed E-state index contributed by atoms with van der Waals surface area (Å²) in [6.45, 7) is 0. The van der Waals surface area contributed by atoms with Gasteiger partial charge in [-0.3, -0.25) is 5.84 Å². The van der Waals surface area contributed by atoms with E-state index in [-0.39, 0.29) is 11.9 Å². The van der Waals surface area contributed by atoms with Gasteiger partial charge in [0.1, 0.15) is 5.82 Å². The molecule has 21 heavy (non-hydrogen) atoms. The highest BCUT2D eigenvalue weighted by Crippen LogP contribution is 2.36. The van der Waals surface area contributed by atoms with E-state index in [2.05, 4.69) is 27.4 Å². The zero-order valence-electron chi connectivity index (χ0n) is 11.7. The predicted molar refractivity (Wildman–Crippen MR) is 88.8 cm³/mol. The van der Waals surface area contributed by atoms with Gasteiger partial charge >= 0.3 is 0 Å². The SMILES string of the molecule is NNC(c1cc2c(s1)CCCCC2)c1cccc(Br)c1F. The van der Waals surface area contributed by atoms with Crippen molar-refractivity contribution in [2.75, 3.05) is 0 Å². The molecule has 1 heterocycles. The number of thiophene rings is 1. The van der Waals surface area contributed by atoms with Crippen LogP contribution in [0.3, 0.4) is 0 Å². The van der Waals surface area contributed by atoms with Gasteiger partial charge in [0, 0.05) is 15.3 Å². The third-order valence-electron chi connectivity index (χ3n) is 4.01. The van der Waals surface area contributed by atoms with Crippen LogP contribution in [0.5, 0.6) is 0 Å². The number of hydrogen-bond acceptors (Lipinski definition) is 3. The lowest BCUT2D eigenvalue weighted by atomic mass is 10.0. The van der Waals surface area contributed by atoms with Gasteiger partial charge < -0.3 is 0 Å². The summed E-state index contributed by atoms with van der Waals surface area (Å²) in [5.74, 6) is 5.47. The Kier molecular flexibility index (Phi) is 4.74. The van der Waals surface area contributed by atoms with Crippen molar-refractivity contribution in [3.05, 3.63) is 55.4 Å². The Morgan fingerprint density at radius 1 is 1.24 bits per heavy atom. The fourth-order valence-electron chi connectivity index (χ4n) is 2.90. The molecule has 0 radical (unpaired) electrons. The minimum absolute atomic E-state index is 0.246. The van der Waals surface area contributed by atoms with E-state index in [4.69, 9.17) is 5.84 Å². The maximum absolute atomic E-state index is 14.3. The zero-order valence-corrected chi connectivity index (χ0v) is 14.1. The van der Waals surface area contributed by atoms with Crippen molar-refractivity contribution in [1.29, 1.82) is 0 Å². The quantitative estimate of drug-likeness (QED) is 0.476.